The van der Waals surface area contributed by atoms with Crippen LogP contribution in [0, 0.1) is 23.7 Å². The number of nitrogens with zero attached hydrogens (tertiary/aromatic N) is 1. The number of rotatable bonds is 8. The van der Waals surface area contributed by atoms with E-state index in [1.807, 2.05) is 0 Å². The maximum absolute atomic E-state index is 3.84. The van der Waals surface area contributed by atoms with E-state index < -0.39 is 0 Å². The average Bonchev–Trinajstić information content (AvgIpc) is 3.08. The Balaban J connectivity index is 1.30. The fourth-order valence-electron chi connectivity index (χ4n) is 3.20. The summed E-state index contributed by atoms with van der Waals surface area (Å²) in [6.07, 6.45) is 7.42. The fraction of sp³-hybridized carbons (Fsp3) is 1.00. The minimum atomic E-state index is 0.878. The first kappa shape index (κ1) is 12.0. The van der Waals surface area contributed by atoms with Gasteiger partial charge in [-0.2, -0.15) is 0 Å². The Kier molecular flexibility index (Phi) is 3.45. The molecule has 2 unspecified atom stereocenters. The minimum absolute atomic E-state index is 0.878. The van der Waals surface area contributed by atoms with Gasteiger partial charge in [-0.1, -0.05) is 6.92 Å². The van der Waals surface area contributed by atoms with E-state index in [4.69, 9.17) is 0 Å². The minimum Gasteiger partial charge on any atom is -0.312 e. The van der Waals surface area contributed by atoms with Crippen molar-refractivity contribution in [2.24, 2.45) is 23.7 Å². The van der Waals surface area contributed by atoms with Gasteiger partial charge in [0.25, 0.3) is 0 Å². The molecule has 0 aliphatic heterocycles. The summed E-state index contributed by atoms with van der Waals surface area (Å²) in [6.45, 7) is 6.14. The van der Waals surface area contributed by atoms with Crippen molar-refractivity contribution in [3.8, 4) is 0 Å². The molecule has 0 aromatic carbocycles. The van der Waals surface area contributed by atoms with Crippen LogP contribution in [0.15, 0.2) is 0 Å². The molecule has 0 heterocycles. The highest BCUT2D eigenvalue weighted by Crippen LogP contribution is 2.44. The van der Waals surface area contributed by atoms with E-state index in [1.54, 1.807) is 0 Å². The van der Waals surface area contributed by atoms with Gasteiger partial charge in [0.05, 0.1) is 0 Å². The fourth-order valence-corrected chi connectivity index (χ4v) is 3.20. The van der Waals surface area contributed by atoms with Crippen molar-refractivity contribution in [2.45, 2.75) is 45.1 Å². The number of hydrogen-bond acceptors (Lipinski definition) is 2. The summed E-state index contributed by atoms with van der Waals surface area (Å²) in [5, 5.41) is 3.84. The Bertz CT molecular complexity index is 246. The molecule has 3 aliphatic carbocycles. The van der Waals surface area contributed by atoms with Crippen LogP contribution in [0.2, 0.25) is 0 Å². The SMILES string of the molecule is CC1CC1CN(C)CCNC(C1CC1)C1CC1. The van der Waals surface area contributed by atoms with Crippen LogP contribution in [-0.2, 0) is 0 Å². The normalized spacial score (nSPS) is 32.5. The van der Waals surface area contributed by atoms with Crippen LogP contribution in [-0.4, -0.2) is 37.6 Å². The number of hydrogen-bond donors (Lipinski definition) is 1. The molecule has 0 bridgehead atoms. The molecule has 0 aromatic rings. The third-order valence-electron chi connectivity index (χ3n) is 4.96. The van der Waals surface area contributed by atoms with E-state index in [9.17, 15) is 0 Å². The summed E-state index contributed by atoms with van der Waals surface area (Å²) in [5.74, 6) is 4.08. The van der Waals surface area contributed by atoms with Crippen molar-refractivity contribution in [1.82, 2.24) is 10.2 Å². The molecule has 3 aliphatic rings. The van der Waals surface area contributed by atoms with Crippen molar-refractivity contribution in [3.63, 3.8) is 0 Å². The lowest BCUT2D eigenvalue weighted by Crippen LogP contribution is -2.38. The quantitative estimate of drug-likeness (QED) is 0.696. The molecule has 3 fully saturated rings. The zero-order chi connectivity index (χ0) is 11.8. The highest BCUT2D eigenvalue weighted by Gasteiger charge is 2.41. The van der Waals surface area contributed by atoms with Crippen molar-refractivity contribution < 1.29 is 0 Å². The molecule has 17 heavy (non-hydrogen) atoms. The molecule has 1 N–H and O–H groups in total. The van der Waals surface area contributed by atoms with Gasteiger partial charge >= 0.3 is 0 Å². The van der Waals surface area contributed by atoms with Gasteiger partial charge in [-0.15, -0.1) is 0 Å². The maximum Gasteiger partial charge on any atom is 0.0124 e. The van der Waals surface area contributed by atoms with Crippen LogP contribution in [0.1, 0.15) is 39.0 Å². The van der Waals surface area contributed by atoms with Gasteiger partial charge in [0.2, 0.25) is 0 Å². The Morgan fingerprint density at radius 1 is 1.18 bits per heavy atom. The molecule has 98 valence electrons. The Hall–Kier alpha value is -0.0800. The molecular weight excluding hydrogens is 208 g/mol. The molecule has 2 heteroatoms. The van der Waals surface area contributed by atoms with Gasteiger partial charge in [-0.05, 0) is 62.8 Å². The van der Waals surface area contributed by atoms with Gasteiger partial charge in [0, 0.05) is 25.7 Å². The summed E-state index contributed by atoms with van der Waals surface area (Å²) in [6, 6.07) is 0.878. The van der Waals surface area contributed by atoms with Gasteiger partial charge in [0.1, 0.15) is 0 Å². The van der Waals surface area contributed by atoms with Gasteiger partial charge < -0.3 is 10.2 Å². The van der Waals surface area contributed by atoms with E-state index in [2.05, 4.69) is 24.2 Å². The largest absolute Gasteiger partial charge is 0.312 e. The zero-order valence-electron chi connectivity index (χ0n) is 11.5. The summed E-state index contributed by atoms with van der Waals surface area (Å²) >= 11 is 0. The Morgan fingerprint density at radius 3 is 2.24 bits per heavy atom. The molecule has 0 saturated heterocycles. The third kappa shape index (κ3) is 3.45. The second kappa shape index (κ2) is 4.89. The standard InChI is InChI=1S/C15H28N2/c1-11-9-14(11)10-17(2)8-7-16-15(12-3-4-12)13-5-6-13/h11-16H,3-10H2,1-2H3. The summed E-state index contributed by atoms with van der Waals surface area (Å²) in [7, 11) is 2.29. The predicted molar refractivity (Wildman–Crippen MR) is 72.0 cm³/mol. The lowest BCUT2D eigenvalue weighted by atomic mass is 10.1. The molecule has 0 amide bonds. The molecular formula is C15H28N2. The average molecular weight is 236 g/mol. The topological polar surface area (TPSA) is 15.3 Å². The van der Waals surface area contributed by atoms with Crippen LogP contribution in [0.4, 0.5) is 0 Å². The first-order chi connectivity index (χ1) is 8.24. The molecule has 0 aromatic heterocycles. The van der Waals surface area contributed by atoms with Crippen molar-refractivity contribution in [1.29, 1.82) is 0 Å². The molecule has 0 radical (unpaired) electrons. The summed E-state index contributed by atoms with van der Waals surface area (Å²) in [4.78, 5) is 2.53. The molecule has 3 saturated carbocycles. The first-order valence-electron chi connectivity index (χ1n) is 7.66. The van der Waals surface area contributed by atoms with E-state index in [0.717, 1.165) is 29.7 Å². The van der Waals surface area contributed by atoms with Crippen molar-refractivity contribution >= 4 is 0 Å². The van der Waals surface area contributed by atoms with Gasteiger partial charge in [0.15, 0.2) is 0 Å². The van der Waals surface area contributed by atoms with Crippen LogP contribution < -0.4 is 5.32 Å². The zero-order valence-corrected chi connectivity index (χ0v) is 11.5. The third-order valence-corrected chi connectivity index (χ3v) is 4.96. The highest BCUT2D eigenvalue weighted by atomic mass is 15.1. The monoisotopic (exact) mass is 236 g/mol. The molecule has 3 rings (SSSR count). The van der Waals surface area contributed by atoms with Crippen molar-refractivity contribution in [3.05, 3.63) is 0 Å². The van der Waals surface area contributed by atoms with Gasteiger partial charge in [-0.3, -0.25) is 0 Å². The summed E-state index contributed by atoms with van der Waals surface area (Å²) in [5.41, 5.74) is 0. The molecule has 0 spiro atoms. The predicted octanol–water partition coefficient (Wildman–Crippen LogP) is 2.35. The van der Waals surface area contributed by atoms with Crippen LogP contribution in [0.5, 0.6) is 0 Å². The van der Waals surface area contributed by atoms with E-state index in [1.165, 1.54) is 51.7 Å². The van der Waals surface area contributed by atoms with Crippen LogP contribution in [0.25, 0.3) is 0 Å². The highest BCUT2D eigenvalue weighted by molar-refractivity contribution is 4.96. The van der Waals surface area contributed by atoms with Crippen LogP contribution >= 0.6 is 0 Å². The van der Waals surface area contributed by atoms with E-state index in [-0.39, 0.29) is 0 Å². The Labute approximate surface area is 106 Å². The second-order valence-corrected chi connectivity index (χ2v) is 6.89. The van der Waals surface area contributed by atoms with E-state index >= 15 is 0 Å². The van der Waals surface area contributed by atoms with Gasteiger partial charge in [-0.25, -0.2) is 0 Å². The van der Waals surface area contributed by atoms with E-state index in [0.29, 0.717) is 0 Å². The number of likely N-dealkylation sites (N-methyl/N-ethyl adjacent to an activating group) is 1. The smallest absolute Gasteiger partial charge is 0.0124 e. The maximum atomic E-state index is 3.84. The second-order valence-electron chi connectivity index (χ2n) is 6.89. The lowest BCUT2D eigenvalue weighted by Gasteiger charge is -2.21. The molecule has 2 nitrogen and oxygen atoms in total. The van der Waals surface area contributed by atoms with Crippen molar-refractivity contribution in [2.75, 3.05) is 26.7 Å². The Morgan fingerprint density at radius 2 is 1.76 bits per heavy atom. The number of nitrogens with one attached hydrogen (secondary N) is 1. The summed E-state index contributed by atoms with van der Waals surface area (Å²) < 4.78 is 0. The first-order valence-corrected chi connectivity index (χ1v) is 7.66. The molecule has 2 atom stereocenters. The lowest BCUT2D eigenvalue weighted by molar-refractivity contribution is 0.297. The van der Waals surface area contributed by atoms with Crippen LogP contribution in [0.3, 0.4) is 0 Å².